The molecule has 2 aromatic heterocycles. The summed E-state index contributed by atoms with van der Waals surface area (Å²) in [6.45, 7) is 8.37. The summed E-state index contributed by atoms with van der Waals surface area (Å²) in [4.78, 5) is 9.89. The lowest BCUT2D eigenvalue weighted by Crippen LogP contribution is -2.36. The fourth-order valence-electron chi connectivity index (χ4n) is 2.94. The number of rotatable bonds is 6. The zero-order valence-electron chi connectivity index (χ0n) is 16.3. The van der Waals surface area contributed by atoms with Gasteiger partial charge in [-0.25, -0.2) is 4.98 Å². The number of guanidine groups is 1. The van der Waals surface area contributed by atoms with Gasteiger partial charge >= 0.3 is 0 Å². The van der Waals surface area contributed by atoms with E-state index in [1.807, 2.05) is 12.3 Å². The third kappa shape index (κ3) is 4.95. The van der Waals surface area contributed by atoms with Gasteiger partial charge in [0.15, 0.2) is 5.96 Å². The Balaban J connectivity index is 1.61. The minimum atomic E-state index is 0.670. The van der Waals surface area contributed by atoms with Gasteiger partial charge in [-0.15, -0.1) is 11.3 Å². The Kier molecular flexibility index (Phi) is 6.24. The molecule has 0 aliphatic carbocycles. The van der Waals surface area contributed by atoms with E-state index in [4.69, 9.17) is 5.10 Å². The van der Waals surface area contributed by atoms with Crippen LogP contribution in [0.5, 0.6) is 0 Å². The van der Waals surface area contributed by atoms with Gasteiger partial charge in [0.25, 0.3) is 0 Å². The lowest BCUT2D eigenvalue weighted by molar-refractivity contribution is 0.657. The van der Waals surface area contributed by atoms with Crippen LogP contribution in [0, 0.1) is 20.8 Å². The van der Waals surface area contributed by atoms with Crippen LogP contribution in [0.2, 0.25) is 0 Å². The summed E-state index contributed by atoms with van der Waals surface area (Å²) < 4.78 is 2.07. The molecule has 6 nitrogen and oxygen atoms in total. The van der Waals surface area contributed by atoms with Crippen molar-refractivity contribution in [1.82, 2.24) is 25.4 Å². The van der Waals surface area contributed by atoms with Crippen LogP contribution in [0.4, 0.5) is 0 Å². The third-order valence-electron chi connectivity index (χ3n) is 4.44. The van der Waals surface area contributed by atoms with E-state index in [1.165, 1.54) is 21.7 Å². The summed E-state index contributed by atoms with van der Waals surface area (Å²) in [6, 6.07) is 10.4. The van der Waals surface area contributed by atoms with Crippen molar-refractivity contribution in [3.8, 4) is 0 Å². The fraction of sp³-hybridized carbons (Fsp3) is 0.350. The number of hydrogen-bond acceptors (Lipinski definition) is 4. The molecule has 0 spiro atoms. The molecule has 0 saturated carbocycles. The Bertz CT molecular complexity index is 910. The molecule has 0 atom stereocenters. The highest BCUT2D eigenvalue weighted by Gasteiger charge is 2.12. The maximum Gasteiger partial charge on any atom is 0.191 e. The number of nitrogens with one attached hydrogen (secondary N) is 2. The van der Waals surface area contributed by atoms with Gasteiger partial charge in [-0.2, -0.15) is 5.10 Å². The number of nitrogens with zero attached hydrogens (tertiary/aromatic N) is 4. The Morgan fingerprint density at radius 1 is 1.11 bits per heavy atom. The van der Waals surface area contributed by atoms with Gasteiger partial charge in [0.1, 0.15) is 5.01 Å². The number of hydrogen-bond donors (Lipinski definition) is 2. The Hall–Kier alpha value is -2.67. The van der Waals surface area contributed by atoms with Gasteiger partial charge in [-0.3, -0.25) is 9.67 Å². The van der Waals surface area contributed by atoms with Crippen molar-refractivity contribution in [2.75, 3.05) is 7.05 Å². The Morgan fingerprint density at radius 3 is 2.52 bits per heavy atom. The first-order valence-electron chi connectivity index (χ1n) is 8.99. The zero-order chi connectivity index (χ0) is 19.2. The first kappa shape index (κ1) is 19.1. The lowest BCUT2D eigenvalue weighted by Gasteiger charge is -2.11. The SMILES string of the molecule is CN=C(NCc1ncc(C)s1)NCc1c(C)nn(Cc2ccccc2)c1C. The van der Waals surface area contributed by atoms with E-state index < -0.39 is 0 Å². The van der Waals surface area contributed by atoms with Crippen molar-refractivity contribution in [3.05, 3.63) is 68.9 Å². The van der Waals surface area contributed by atoms with E-state index in [0.29, 0.717) is 13.1 Å². The molecule has 0 saturated heterocycles. The highest BCUT2D eigenvalue weighted by Crippen LogP contribution is 2.15. The normalized spacial score (nSPS) is 11.6. The molecule has 0 aliphatic heterocycles. The van der Waals surface area contributed by atoms with E-state index in [0.717, 1.165) is 23.2 Å². The zero-order valence-corrected chi connectivity index (χ0v) is 17.1. The summed E-state index contributed by atoms with van der Waals surface area (Å²) in [6.07, 6.45) is 1.89. The van der Waals surface area contributed by atoms with Crippen LogP contribution in [-0.4, -0.2) is 27.8 Å². The Labute approximate surface area is 164 Å². The molecule has 7 heteroatoms. The standard InChI is InChI=1S/C20H26N6S/c1-14-10-22-19(27-14)12-24-20(21-4)23-11-18-15(2)25-26(16(18)3)13-17-8-6-5-7-9-17/h5-10H,11-13H2,1-4H3,(H2,21,23,24). The molecule has 27 heavy (non-hydrogen) atoms. The van der Waals surface area contributed by atoms with Gasteiger partial charge in [-0.1, -0.05) is 30.3 Å². The van der Waals surface area contributed by atoms with Crippen molar-refractivity contribution in [3.63, 3.8) is 0 Å². The van der Waals surface area contributed by atoms with E-state index in [1.54, 1.807) is 18.4 Å². The monoisotopic (exact) mass is 382 g/mol. The van der Waals surface area contributed by atoms with Gasteiger partial charge in [-0.05, 0) is 26.3 Å². The molecule has 0 bridgehead atoms. The van der Waals surface area contributed by atoms with Crippen LogP contribution in [0.3, 0.4) is 0 Å². The van der Waals surface area contributed by atoms with Gasteiger partial charge in [0, 0.05) is 35.9 Å². The van der Waals surface area contributed by atoms with Crippen LogP contribution < -0.4 is 10.6 Å². The molecule has 0 unspecified atom stereocenters. The maximum atomic E-state index is 4.71. The molecule has 2 N–H and O–H groups in total. The summed E-state index contributed by atoms with van der Waals surface area (Å²) in [5.74, 6) is 0.762. The van der Waals surface area contributed by atoms with Crippen molar-refractivity contribution < 1.29 is 0 Å². The van der Waals surface area contributed by atoms with E-state index >= 15 is 0 Å². The first-order valence-corrected chi connectivity index (χ1v) is 9.81. The third-order valence-corrected chi connectivity index (χ3v) is 5.35. The molecule has 0 amide bonds. The van der Waals surface area contributed by atoms with Crippen LogP contribution in [0.15, 0.2) is 41.5 Å². The molecule has 3 aromatic rings. The molecule has 142 valence electrons. The predicted octanol–water partition coefficient (Wildman–Crippen LogP) is 3.18. The average Bonchev–Trinajstić information content (AvgIpc) is 3.20. The predicted molar refractivity (Wildman–Crippen MR) is 111 cm³/mol. The summed E-state index contributed by atoms with van der Waals surface area (Å²) in [7, 11) is 1.78. The molecule has 1 aromatic carbocycles. The topological polar surface area (TPSA) is 67.1 Å². The van der Waals surface area contributed by atoms with Gasteiger partial charge < -0.3 is 10.6 Å². The molecule has 2 heterocycles. The lowest BCUT2D eigenvalue weighted by atomic mass is 10.2. The summed E-state index contributed by atoms with van der Waals surface area (Å²) in [5, 5.41) is 12.5. The van der Waals surface area contributed by atoms with E-state index in [2.05, 4.69) is 70.3 Å². The number of aryl methyl sites for hydroxylation is 2. The molecule has 0 radical (unpaired) electrons. The molecule has 0 fully saturated rings. The largest absolute Gasteiger partial charge is 0.352 e. The first-order chi connectivity index (χ1) is 13.1. The van der Waals surface area contributed by atoms with Crippen LogP contribution in [0.25, 0.3) is 0 Å². The molecule has 0 aliphatic rings. The van der Waals surface area contributed by atoms with Crippen molar-refractivity contribution in [1.29, 1.82) is 0 Å². The number of aliphatic imine (C=N–C) groups is 1. The summed E-state index contributed by atoms with van der Waals surface area (Å²) in [5.41, 5.74) is 4.68. The molecular formula is C20H26N6S. The molecular weight excluding hydrogens is 356 g/mol. The van der Waals surface area contributed by atoms with Crippen molar-refractivity contribution in [2.45, 2.75) is 40.4 Å². The Morgan fingerprint density at radius 2 is 1.85 bits per heavy atom. The maximum absolute atomic E-state index is 4.71. The second kappa shape index (κ2) is 8.81. The van der Waals surface area contributed by atoms with Gasteiger partial charge in [0.2, 0.25) is 0 Å². The summed E-state index contributed by atoms with van der Waals surface area (Å²) >= 11 is 1.69. The average molecular weight is 383 g/mol. The van der Waals surface area contributed by atoms with Crippen LogP contribution in [-0.2, 0) is 19.6 Å². The minimum absolute atomic E-state index is 0.670. The fourth-order valence-corrected chi connectivity index (χ4v) is 3.66. The number of benzene rings is 1. The van der Waals surface area contributed by atoms with Crippen LogP contribution in [0.1, 0.15) is 32.4 Å². The molecule has 3 rings (SSSR count). The second-order valence-corrected chi connectivity index (χ2v) is 7.76. The van der Waals surface area contributed by atoms with Crippen molar-refractivity contribution >= 4 is 17.3 Å². The highest BCUT2D eigenvalue weighted by molar-refractivity contribution is 7.11. The number of aromatic nitrogens is 3. The van der Waals surface area contributed by atoms with E-state index in [9.17, 15) is 0 Å². The highest BCUT2D eigenvalue weighted by atomic mass is 32.1. The van der Waals surface area contributed by atoms with Gasteiger partial charge in [0.05, 0.1) is 18.8 Å². The number of thiazole rings is 1. The van der Waals surface area contributed by atoms with Crippen molar-refractivity contribution in [2.24, 2.45) is 4.99 Å². The second-order valence-electron chi connectivity index (χ2n) is 6.44. The van der Waals surface area contributed by atoms with Crippen LogP contribution >= 0.6 is 11.3 Å². The van der Waals surface area contributed by atoms with E-state index in [-0.39, 0.29) is 0 Å². The quantitative estimate of drug-likeness (QED) is 0.508. The minimum Gasteiger partial charge on any atom is -0.352 e. The smallest absolute Gasteiger partial charge is 0.191 e.